The van der Waals surface area contributed by atoms with Gasteiger partial charge in [-0.15, -0.1) is 0 Å². The average Bonchev–Trinajstić information content (AvgIpc) is 2.39. The molecule has 0 saturated heterocycles. The van der Waals surface area contributed by atoms with Crippen LogP contribution in [-0.2, 0) is 0 Å². The summed E-state index contributed by atoms with van der Waals surface area (Å²) in [5.74, 6) is 0. The van der Waals surface area contributed by atoms with E-state index in [1.165, 1.54) is 11.1 Å². The van der Waals surface area contributed by atoms with Crippen molar-refractivity contribution in [3.8, 4) is 11.1 Å². The number of benzene rings is 2. The van der Waals surface area contributed by atoms with Crippen LogP contribution in [-0.4, -0.2) is 0 Å². The molecule has 0 saturated carbocycles. The zero-order valence-electron chi connectivity index (χ0n) is 10.5. The summed E-state index contributed by atoms with van der Waals surface area (Å²) < 4.78 is 0. The van der Waals surface area contributed by atoms with Gasteiger partial charge in [-0.25, -0.2) is 0 Å². The van der Waals surface area contributed by atoms with E-state index >= 15 is 0 Å². The quantitative estimate of drug-likeness (QED) is 0.683. The Morgan fingerprint density at radius 2 is 1.39 bits per heavy atom. The van der Waals surface area contributed by atoms with Crippen molar-refractivity contribution < 1.29 is 0 Å². The summed E-state index contributed by atoms with van der Waals surface area (Å²) in [7, 11) is 0. The molecule has 2 aromatic carbocycles. The lowest BCUT2D eigenvalue weighted by Gasteiger charge is -2.07. The van der Waals surface area contributed by atoms with Crippen LogP contribution in [0.1, 0.15) is 12.5 Å². The Labute approximate surface area is 113 Å². The van der Waals surface area contributed by atoms with E-state index in [2.05, 4.69) is 61.7 Å². The minimum atomic E-state index is 1.04. The SMILES string of the molecule is C=C(C)SC(=C)c1ccc(-c2ccccc2)cc1. The number of allylic oxidation sites excluding steroid dienone is 1. The predicted octanol–water partition coefficient (Wildman–Crippen LogP) is 5.59. The molecular weight excluding hydrogens is 236 g/mol. The molecule has 0 fully saturated rings. The van der Waals surface area contributed by atoms with Crippen LogP contribution >= 0.6 is 11.8 Å². The van der Waals surface area contributed by atoms with Gasteiger partial charge >= 0.3 is 0 Å². The van der Waals surface area contributed by atoms with Gasteiger partial charge in [0, 0.05) is 4.91 Å². The van der Waals surface area contributed by atoms with Gasteiger partial charge in [0.25, 0.3) is 0 Å². The first kappa shape index (κ1) is 12.7. The van der Waals surface area contributed by atoms with Gasteiger partial charge in [0.05, 0.1) is 0 Å². The topological polar surface area (TPSA) is 0 Å². The molecule has 0 aliphatic carbocycles. The van der Waals surface area contributed by atoms with Crippen molar-refractivity contribution in [2.45, 2.75) is 6.92 Å². The zero-order valence-corrected chi connectivity index (χ0v) is 11.3. The summed E-state index contributed by atoms with van der Waals surface area (Å²) in [4.78, 5) is 2.11. The predicted molar refractivity (Wildman–Crippen MR) is 83.3 cm³/mol. The number of thioether (sulfide) groups is 1. The Morgan fingerprint density at radius 3 is 1.94 bits per heavy atom. The Bertz CT molecular complexity index is 550. The highest BCUT2D eigenvalue weighted by atomic mass is 32.2. The first-order valence-electron chi connectivity index (χ1n) is 5.85. The van der Waals surface area contributed by atoms with Crippen LogP contribution in [0, 0.1) is 0 Å². The molecular formula is C17H16S. The second-order valence-corrected chi connectivity index (χ2v) is 5.56. The fourth-order valence-corrected chi connectivity index (χ4v) is 2.42. The molecule has 0 aliphatic rings. The van der Waals surface area contributed by atoms with Gasteiger partial charge in [0.2, 0.25) is 0 Å². The molecule has 0 heterocycles. The summed E-state index contributed by atoms with van der Waals surface area (Å²) >= 11 is 1.62. The van der Waals surface area contributed by atoms with Crippen molar-refractivity contribution in [3.63, 3.8) is 0 Å². The second-order valence-electron chi connectivity index (χ2n) is 4.17. The standard InChI is InChI=1S/C17H16S/c1-13(2)18-14(3)15-9-11-17(12-10-15)16-7-5-4-6-8-16/h4-12H,1,3H2,2H3. The third kappa shape index (κ3) is 3.14. The van der Waals surface area contributed by atoms with E-state index < -0.39 is 0 Å². The summed E-state index contributed by atoms with van der Waals surface area (Å²) in [5.41, 5.74) is 3.62. The highest BCUT2D eigenvalue weighted by Gasteiger charge is 2.01. The highest BCUT2D eigenvalue weighted by molar-refractivity contribution is 8.11. The fourth-order valence-electron chi connectivity index (χ4n) is 1.75. The normalized spacial score (nSPS) is 10.1. The van der Waals surface area contributed by atoms with E-state index in [-0.39, 0.29) is 0 Å². The molecule has 0 radical (unpaired) electrons. The van der Waals surface area contributed by atoms with Gasteiger partial charge in [-0.3, -0.25) is 0 Å². The minimum absolute atomic E-state index is 1.04. The highest BCUT2D eigenvalue weighted by Crippen LogP contribution is 2.31. The van der Waals surface area contributed by atoms with Crippen LogP contribution in [0.15, 0.2) is 72.7 Å². The molecule has 18 heavy (non-hydrogen) atoms. The smallest absolute Gasteiger partial charge is 0.0119 e. The second kappa shape index (κ2) is 5.74. The van der Waals surface area contributed by atoms with Gasteiger partial charge in [-0.05, 0) is 28.5 Å². The molecule has 1 heteroatoms. The summed E-state index contributed by atoms with van der Waals surface area (Å²) in [6.07, 6.45) is 0. The maximum atomic E-state index is 4.07. The van der Waals surface area contributed by atoms with Crippen LogP contribution in [0.4, 0.5) is 0 Å². The third-order valence-electron chi connectivity index (χ3n) is 2.61. The van der Waals surface area contributed by atoms with Crippen molar-refractivity contribution in [2.75, 3.05) is 0 Å². The van der Waals surface area contributed by atoms with E-state index in [0.29, 0.717) is 0 Å². The first-order valence-corrected chi connectivity index (χ1v) is 6.66. The van der Waals surface area contributed by atoms with E-state index in [1.54, 1.807) is 11.8 Å². The molecule has 0 unspecified atom stereocenters. The monoisotopic (exact) mass is 252 g/mol. The zero-order chi connectivity index (χ0) is 13.0. The molecule has 0 atom stereocenters. The van der Waals surface area contributed by atoms with Gasteiger partial charge in [0.15, 0.2) is 0 Å². The van der Waals surface area contributed by atoms with Crippen molar-refractivity contribution in [2.24, 2.45) is 0 Å². The number of hydrogen-bond donors (Lipinski definition) is 0. The van der Waals surface area contributed by atoms with Crippen molar-refractivity contribution in [3.05, 3.63) is 78.2 Å². The lowest BCUT2D eigenvalue weighted by molar-refractivity contribution is 1.60. The molecule has 0 N–H and O–H groups in total. The molecule has 0 aromatic heterocycles. The Kier molecular flexibility index (Phi) is 4.06. The minimum Gasteiger partial charge on any atom is -0.0955 e. The molecule has 2 aromatic rings. The van der Waals surface area contributed by atoms with Gasteiger partial charge in [0.1, 0.15) is 0 Å². The van der Waals surface area contributed by atoms with Crippen molar-refractivity contribution in [1.29, 1.82) is 0 Å². The van der Waals surface area contributed by atoms with E-state index in [9.17, 15) is 0 Å². The lowest BCUT2D eigenvalue weighted by atomic mass is 10.0. The largest absolute Gasteiger partial charge is 0.0955 e. The molecule has 0 aliphatic heterocycles. The van der Waals surface area contributed by atoms with E-state index in [1.807, 2.05) is 13.0 Å². The molecule has 0 nitrogen and oxygen atoms in total. The molecule has 90 valence electrons. The van der Waals surface area contributed by atoms with Crippen LogP contribution in [0.25, 0.3) is 16.0 Å². The maximum absolute atomic E-state index is 4.07. The number of hydrogen-bond acceptors (Lipinski definition) is 1. The third-order valence-corrected chi connectivity index (χ3v) is 3.44. The number of rotatable bonds is 4. The molecule has 0 spiro atoms. The van der Waals surface area contributed by atoms with E-state index in [0.717, 1.165) is 15.4 Å². The van der Waals surface area contributed by atoms with Gasteiger partial charge in [-0.1, -0.05) is 79.5 Å². The maximum Gasteiger partial charge on any atom is 0.0119 e. The van der Waals surface area contributed by atoms with Crippen molar-refractivity contribution >= 4 is 16.7 Å². The Balaban J connectivity index is 2.20. The van der Waals surface area contributed by atoms with Crippen LogP contribution in [0.2, 0.25) is 0 Å². The summed E-state index contributed by atoms with van der Waals surface area (Å²) in [5, 5.41) is 0. The van der Waals surface area contributed by atoms with Crippen LogP contribution < -0.4 is 0 Å². The first-order chi connectivity index (χ1) is 8.66. The van der Waals surface area contributed by atoms with E-state index in [4.69, 9.17) is 0 Å². The van der Waals surface area contributed by atoms with Gasteiger partial charge < -0.3 is 0 Å². The van der Waals surface area contributed by atoms with Gasteiger partial charge in [-0.2, -0.15) is 0 Å². The average molecular weight is 252 g/mol. The molecule has 2 rings (SSSR count). The Morgan fingerprint density at radius 1 is 0.833 bits per heavy atom. The van der Waals surface area contributed by atoms with Crippen LogP contribution in [0.3, 0.4) is 0 Å². The molecule has 0 bridgehead atoms. The molecule has 0 amide bonds. The van der Waals surface area contributed by atoms with Crippen LogP contribution in [0.5, 0.6) is 0 Å². The summed E-state index contributed by atoms with van der Waals surface area (Å²) in [6, 6.07) is 18.9. The van der Waals surface area contributed by atoms with Crippen molar-refractivity contribution in [1.82, 2.24) is 0 Å². The lowest BCUT2D eigenvalue weighted by Crippen LogP contribution is -1.81. The summed E-state index contributed by atoms with van der Waals surface area (Å²) in [6.45, 7) is 9.95. The fraction of sp³-hybridized carbons (Fsp3) is 0.0588. The Hall–Kier alpha value is -1.73.